The predicted octanol–water partition coefficient (Wildman–Crippen LogP) is 4.06. The average molecular weight is 423 g/mol. The van der Waals surface area contributed by atoms with Crippen molar-refractivity contribution in [1.29, 1.82) is 0 Å². The SMILES string of the molecule is Cc1cc(N2CCOCC2)ccc1Nc1nc(NC2CC=C(F)CC2)c2nc[nH]c2n1. The summed E-state index contributed by atoms with van der Waals surface area (Å²) in [7, 11) is 0. The molecule has 0 bridgehead atoms. The molecule has 1 fully saturated rings. The van der Waals surface area contributed by atoms with E-state index in [-0.39, 0.29) is 11.9 Å². The molecular formula is C22H26FN7O. The molecule has 8 nitrogen and oxygen atoms in total. The van der Waals surface area contributed by atoms with E-state index < -0.39 is 0 Å². The number of halogens is 1. The van der Waals surface area contributed by atoms with E-state index in [1.54, 1.807) is 12.4 Å². The maximum absolute atomic E-state index is 13.4. The molecule has 31 heavy (non-hydrogen) atoms. The zero-order valence-electron chi connectivity index (χ0n) is 17.5. The number of aryl methyl sites for hydroxylation is 1. The maximum atomic E-state index is 13.4. The summed E-state index contributed by atoms with van der Waals surface area (Å²) in [6.45, 7) is 5.40. The summed E-state index contributed by atoms with van der Waals surface area (Å²) in [4.78, 5) is 19.0. The van der Waals surface area contributed by atoms with Gasteiger partial charge in [-0.1, -0.05) is 6.08 Å². The van der Waals surface area contributed by atoms with Gasteiger partial charge < -0.3 is 25.3 Å². The molecule has 2 aromatic heterocycles. The Labute approximate surface area is 179 Å². The summed E-state index contributed by atoms with van der Waals surface area (Å²) < 4.78 is 18.8. The van der Waals surface area contributed by atoms with Gasteiger partial charge in [0.15, 0.2) is 11.5 Å². The number of nitrogens with zero attached hydrogens (tertiary/aromatic N) is 4. The number of ether oxygens (including phenoxy) is 1. The monoisotopic (exact) mass is 423 g/mol. The molecule has 1 aliphatic heterocycles. The van der Waals surface area contributed by atoms with Crippen LogP contribution in [0.5, 0.6) is 0 Å². The van der Waals surface area contributed by atoms with Crippen LogP contribution in [0.25, 0.3) is 11.2 Å². The third kappa shape index (κ3) is 4.32. The van der Waals surface area contributed by atoms with Crippen molar-refractivity contribution in [3.05, 3.63) is 42.0 Å². The van der Waals surface area contributed by atoms with Crippen LogP contribution in [-0.4, -0.2) is 52.3 Å². The lowest BCUT2D eigenvalue weighted by atomic mass is 10.0. The first-order valence-corrected chi connectivity index (χ1v) is 10.7. The minimum atomic E-state index is -0.0380. The van der Waals surface area contributed by atoms with Gasteiger partial charge in [-0.15, -0.1) is 0 Å². The van der Waals surface area contributed by atoms with Gasteiger partial charge in [0.25, 0.3) is 0 Å². The van der Waals surface area contributed by atoms with Crippen LogP contribution in [-0.2, 0) is 4.74 Å². The molecule has 0 amide bonds. The van der Waals surface area contributed by atoms with E-state index in [1.807, 2.05) is 0 Å². The van der Waals surface area contributed by atoms with Crippen LogP contribution in [0.4, 0.5) is 27.5 Å². The summed E-state index contributed by atoms with van der Waals surface area (Å²) in [5.74, 6) is 1.10. The Balaban J connectivity index is 1.38. The van der Waals surface area contributed by atoms with Crippen molar-refractivity contribution in [3.63, 3.8) is 0 Å². The van der Waals surface area contributed by atoms with Gasteiger partial charge in [0.1, 0.15) is 5.52 Å². The fraction of sp³-hybridized carbons (Fsp3) is 0.409. The third-order valence-corrected chi connectivity index (χ3v) is 5.81. The van der Waals surface area contributed by atoms with E-state index in [0.717, 1.165) is 44.0 Å². The first kappa shape index (κ1) is 19.7. The summed E-state index contributed by atoms with van der Waals surface area (Å²) in [6, 6.07) is 6.46. The molecule has 0 radical (unpaired) electrons. The number of imidazole rings is 1. The fourth-order valence-corrected chi connectivity index (χ4v) is 4.05. The van der Waals surface area contributed by atoms with E-state index in [4.69, 9.17) is 4.74 Å². The summed E-state index contributed by atoms with van der Waals surface area (Å²) in [6.07, 6.45) is 5.06. The van der Waals surface area contributed by atoms with Crippen LogP contribution in [0.2, 0.25) is 0 Å². The second kappa shape index (κ2) is 8.50. The van der Waals surface area contributed by atoms with Crippen molar-refractivity contribution < 1.29 is 9.13 Å². The molecule has 1 aromatic carbocycles. The Hall–Kier alpha value is -3.20. The molecule has 2 aliphatic rings. The van der Waals surface area contributed by atoms with Crippen molar-refractivity contribution in [2.24, 2.45) is 0 Å². The van der Waals surface area contributed by atoms with E-state index in [9.17, 15) is 4.39 Å². The number of hydrogen-bond acceptors (Lipinski definition) is 7. The molecule has 3 N–H and O–H groups in total. The summed E-state index contributed by atoms with van der Waals surface area (Å²) in [5, 5.41) is 6.76. The number of anilines is 4. The molecule has 1 aliphatic carbocycles. The van der Waals surface area contributed by atoms with E-state index in [0.29, 0.717) is 35.8 Å². The van der Waals surface area contributed by atoms with Crippen LogP contribution in [0, 0.1) is 6.92 Å². The zero-order valence-corrected chi connectivity index (χ0v) is 17.5. The second-order valence-corrected chi connectivity index (χ2v) is 7.99. The summed E-state index contributed by atoms with van der Waals surface area (Å²) in [5.41, 5.74) is 4.58. The lowest BCUT2D eigenvalue weighted by molar-refractivity contribution is 0.122. The van der Waals surface area contributed by atoms with Crippen molar-refractivity contribution >= 4 is 34.3 Å². The first-order chi connectivity index (χ1) is 15.2. The van der Waals surface area contributed by atoms with Crippen molar-refractivity contribution in [1.82, 2.24) is 19.9 Å². The second-order valence-electron chi connectivity index (χ2n) is 7.99. The number of allylic oxidation sites excluding steroid dienone is 1. The van der Waals surface area contributed by atoms with Crippen LogP contribution >= 0.6 is 0 Å². The number of aromatic amines is 1. The molecule has 1 saturated heterocycles. The first-order valence-electron chi connectivity index (χ1n) is 10.7. The largest absolute Gasteiger partial charge is 0.378 e. The molecule has 5 rings (SSSR count). The van der Waals surface area contributed by atoms with Gasteiger partial charge in [-0.3, -0.25) is 0 Å². The quantitative estimate of drug-likeness (QED) is 0.570. The van der Waals surface area contributed by atoms with Gasteiger partial charge in [-0.05, 0) is 43.5 Å². The number of aromatic nitrogens is 4. The van der Waals surface area contributed by atoms with Crippen LogP contribution in [0.15, 0.2) is 36.4 Å². The standard InChI is InChI=1S/C22H26FN7O/c1-14-12-17(30-8-10-31-11-9-30)6-7-18(14)27-22-28-20-19(24-13-25-20)21(29-22)26-16-4-2-15(23)3-5-16/h2,6-7,12-13,16H,3-5,8-11H2,1H3,(H3,24,25,26,27,28,29). The van der Waals surface area contributed by atoms with Crippen LogP contribution in [0.1, 0.15) is 24.8 Å². The zero-order chi connectivity index (χ0) is 21.2. The number of nitrogens with one attached hydrogen (secondary N) is 3. The molecule has 3 heterocycles. The Kier molecular flexibility index (Phi) is 5.42. The summed E-state index contributed by atoms with van der Waals surface area (Å²) >= 11 is 0. The topological polar surface area (TPSA) is 91.0 Å². The van der Waals surface area contributed by atoms with Gasteiger partial charge in [0, 0.05) is 36.9 Å². The van der Waals surface area contributed by atoms with Gasteiger partial charge in [0.2, 0.25) is 5.95 Å². The number of fused-ring (bicyclic) bond motifs is 1. The highest BCUT2D eigenvalue weighted by Crippen LogP contribution is 2.28. The Bertz CT molecular complexity index is 1110. The molecule has 1 unspecified atom stereocenters. The number of hydrogen-bond donors (Lipinski definition) is 3. The highest BCUT2D eigenvalue weighted by molar-refractivity contribution is 5.84. The van der Waals surface area contributed by atoms with Crippen LogP contribution < -0.4 is 15.5 Å². The third-order valence-electron chi connectivity index (χ3n) is 5.81. The van der Waals surface area contributed by atoms with E-state index in [2.05, 4.69) is 60.6 Å². The Morgan fingerprint density at radius 3 is 2.87 bits per heavy atom. The van der Waals surface area contributed by atoms with Gasteiger partial charge in [-0.25, -0.2) is 9.37 Å². The molecule has 1 atom stereocenters. The highest BCUT2D eigenvalue weighted by atomic mass is 19.1. The minimum Gasteiger partial charge on any atom is -0.378 e. The lowest BCUT2D eigenvalue weighted by Crippen LogP contribution is -2.36. The van der Waals surface area contributed by atoms with Crippen molar-refractivity contribution in [2.75, 3.05) is 41.8 Å². The molecular weight excluding hydrogens is 397 g/mol. The Morgan fingerprint density at radius 1 is 1.23 bits per heavy atom. The van der Waals surface area contributed by atoms with Crippen LogP contribution in [0.3, 0.4) is 0 Å². The predicted molar refractivity (Wildman–Crippen MR) is 120 cm³/mol. The molecule has 3 aromatic rings. The number of rotatable bonds is 5. The smallest absolute Gasteiger partial charge is 0.231 e. The lowest BCUT2D eigenvalue weighted by Gasteiger charge is -2.29. The Morgan fingerprint density at radius 2 is 2.10 bits per heavy atom. The molecule has 0 saturated carbocycles. The van der Waals surface area contributed by atoms with Gasteiger partial charge in [0.05, 0.1) is 25.4 Å². The number of benzene rings is 1. The van der Waals surface area contributed by atoms with Gasteiger partial charge >= 0.3 is 0 Å². The maximum Gasteiger partial charge on any atom is 0.231 e. The van der Waals surface area contributed by atoms with Crippen molar-refractivity contribution in [2.45, 2.75) is 32.2 Å². The fourth-order valence-electron chi connectivity index (χ4n) is 4.05. The molecule has 9 heteroatoms. The van der Waals surface area contributed by atoms with Crippen molar-refractivity contribution in [3.8, 4) is 0 Å². The number of H-pyrrole nitrogens is 1. The molecule has 0 spiro atoms. The molecule has 162 valence electrons. The highest BCUT2D eigenvalue weighted by Gasteiger charge is 2.18. The van der Waals surface area contributed by atoms with E-state index in [1.165, 1.54) is 5.69 Å². The number of morpholine rings is 1. The average Bonchev–Trinajstić information content (AvgIpc) is 3.26. The van der Waals surface area contributed by atoms with E-state index >= 15 is 0 Å². The normalized spacial score (nSPS) is 19.4. The minimum absolute atomic E-state index is 0.0380. The van der Waals surface area contributed by atoms with Gasteiger partial charge in [-0.2, -0.15) is 9.97 Å².